The van der Waals surface area contributed by atoms with Crippen LogP contribution in [0.25, 0.3) is 0 Å². The fourth-order valence-corrected chi connectivity index (χ4v) is 2.47. The minimum absolute atomic E-state index is 0.374. The average molecular weight is 390 g/mol. The molecule has 154 valence electrons. The molecule has 0 bridgehead atoms. The Morgan fingerprint density at radius 3 is 2.32 bits per heavy atom. The number of nitrogens with one attached hydrogen (secondary N) is 2. The van der Waals surface area contributed by atoms with Crippen LogP contribution in [0.15, 0.2) is 42.5 Å². The maximum Gasteiger partial charge on any atom is 0.408 e. The molecule has 28 heavy (non-hydrogen) atoms. The molecule has 7 heteroatoms. The summed E-state index contributed by atoms with van der Waals surface area (Å²) in [4.78, 5) is 35.4. The van der Waals surface area contributed by atoms with Crippen molar-refractivity contribution >= 4 is 18.0 Å². The van der Waals surface area contributed by atoms with Crippen molar-refractivity contribution in [2.75, 3.05) is 0 Å². The lowest BCUT2D eigenvalue weighted by Crippen LogP contribution is -2.50. The van der Waals surface area contributed by atoms with Crippen LogP contribution in [0.4, 0.5) is 4.79 Å². The van der Waals surface area contributed by atoms with E-state index < -0.39 is 29.7 Å². The first kappa shape index (κ1) is 23.2. The highest BCUT2D eigenvalue weighted by Gasteiger charge is 2.24. The SMILES string of the molecule is CC[C@H](NC(=O)OC(C)(C)C)C(=O)N[C@H](/C=C/C(=O)O)CCc1ccccc1. The summed E-state index contributed by atoms with van der Waals surface area (Å²) in [6.07, 6.45) is 3.37. The molecule has 0 radical (unpaired) electrons. The predicted octanol–water partition coefficient (Wildman–Crippen LogP) is 3.05. The summed E-state index contributed by atoms with van der Waals surface area (Å²) in [6.45, 7) is 6.99. The molecule has 1 aromatic carbocycles. The van der Waals surface area contributed by atoms with E-state index in [0.717, 1.165) is 11.6 Å². The van der Waals surface area contributed by atoms with Crippen LogP contribution in [0.1, 0.15) is 46.1 Å². The molecule has 2 atom stereocenters. The second kappa shape index (κ2) is 11.1. The van der Waals surface area contributed by atoms with E-state index in [-0.39, 0.29) is 5.91 Å². The molecule has 0 aliphatic rings. The van der Waals surface area contributed by atoms with Gasteiger partial charge in [-0.05, 0) is 45.6 Å². The number of hydrogen-bond acceptors (Lipinski definition) is 4. The van der Waals surface area contributed by atoms with Crippen LogP contribution in [0.5, 0.6) is 0 Å². The molecule has 0 heterocycles. The summed E-state index contributed by atoms with van der Waals surface area (Å²) in [5, 5.41) is 14.2. The van der Waals surface area contributed by atoms with Gasteiger partial charge in [0, 0.05) is 12.1 Å². The number of carboxylic acids is 1. The highest BCUT2D eigenvalue weighted by atomic mass is 16.6. The molecule has 0 aliphatic heterocycles. The number of ether oxygens (including phenoxy) is 1. The molecule has 0 fully saturated rings. The fraction of sp³-hybridized carbons (Fsp3) is 0.476. The van der Waals surface area contributed by atoms with Gasteiger partial charge in [-0.25, -0.2) is 9.59 Å². The maximum absolute atomic E-state index is 12.6. The van der Waals surface area contributed by atoms with Gasteiger partial charge in [0.25, 0.3) is 0 Å². The average Bonchev–Trinajstić information content (AvgIpc) is 2.61. The first-order valence-corrected chi connectivity index (χ1v) is 9.35. The molecular formula is C21H30N2O5. The van der Waals surface area contributed by atoms with Crippen LogP contribution in [-0.4, -0.2) is 40.8 Å². The van der Waals surface area contributed by atoms with E-state index in [1.54, 1.807) is 27.7 Å². The van der Waals surface area contributed by atoms with Crippen LogP contribution in [0.3, 0.4) is 0 Å². The van der Waals surface area contributed by atoms with Crippen LogP contribution < -0.4 is 10.6 Å². The number of carbonyl (C=O) groups is 3. The van der Waals surface area contributed by atoms with Gasteiger partial charge in [-0.15, -0.1) is 0 Å². The van der Waals surface area contributed by atoms with Crippen LogP contribution in [-0.2, 0) is 20.7 Å². The molecule has 0 unspecified atom stereocenters. The van der Waals surface area contributed by atoms with Gasteiger partial charge in [0.05, 0.1) is 0 Å². The zero-order valence-electron chi connectivity index (χ0n) is 16.9. The summed E-state index contributed by atoms with van der Waals surface area (Å²) in [6, 6.07) is 8.46. The zero-order chi connectivity index (χ0) is 21.2. The third-order valence-corrected chi connectivity index (χ3v) is 3.80. The van der Waals surface area contributed by atoms with Gasteiger partial charge in [-0.2, -0.15) is 0 Å². The molecule has 0 aromatic heterocycles. The highest BCUT2D eigenvalue weighted by molar-refractivity contribution is 5.86. The van der Waals surface area contributed by atoms with E-state index in [2.05, 4.69) is 10.6 Å². The number of benzene rings is 1. The number of hydrogen-bond donors (Lipinski definition) is 3. The quantitative estimate of drug-likeness (QED) is 0.562. The van der Waals surface area contributed by atoms with Crippen molar-refractivity contribution in [2.45, 2.75) is 64.6 Å². The van der Waals surface area contributed by atoms with Gasteiger partial charge in [0.15, 0.2) is 0 Å². The second-order valence-corrected chi connectivity index (χ2v) is 7.44. The molecule has 3 N–H and O–H groups in total. The fourth-order valence-electron chi connectivity index (χ4n) is 2.47. The Morgan fingerprint density at radius 1 is 1.14 bits per heavy atom. The van der Waals surface area contributed by atoms with Gasteiger partial charge in [-0.1, -0.05) is 43.3 Å². The Bertz CT molecular complexity index is 680. The normalized spacial score (nSPS) is 13.6. The number of amides is 2. The van der Waals surface area contributed by atoms with E-state index in [9.17, 15) is 14.4 Å². The van der Waals surface area contributed by atoms with E-state index in [1.807, 2.05) is 30.3 Å². The lowest BCUT2D eigenvalue weighted by atomic mass is 10.0. The first-order valence-electron chi connectivity index (χ1n) is 9.35. The van der Waals surface area contributed by atoms with E-state index >= 15 is 0 Å². The third-order valence-electron chi connectivity index (χ3n) is 3.80. The van der Waals surface area contributed by atoms with E-state index in [4.69, 9.17) is 9.84 Å². The number of carbonyl (C=O) groups excluding carboxylic acids is 2. The molecule has 0 spiro atoms. The van der Waals surface area contributed by atoms with Crippen molar-refractivity contribution in [1.29, 1.82) is 0 Å². The highest BCUT2D eigenvalue weighted by Crippen LogP contribution is 2.09. The summed E-state index contributed by atoms with van der Waals surface area (Å²) in [5.41, 5.74) is 0.422. The van der Waals surface area contributed by atoms with Crippen molar-refractivity contribution in [3.05, 3.63) is 48.0 Å². The molecule has 0 saturated carbocycles. The van der Waals surface area contributed by atoms with Crippen molar-refractivity contribution in [2.24, 2.45) is 0 Å². The monoisotopic (exact) mass is 390 g/mol. The molecule has 2 amide bonds. The third kappa shape index (κ3) is 9.75. The largest absolute Gasteiger partial charge is 0.478 e. The van der Waals surface area contributed by atoms with Crippen LogP contribution >= 0.6 is 0 Å². The van der Waals surface area contributed by atoms with Crippen LogP contribution in [0.2, 0.25) is 0 Å². The molecule has 7 nitrogen and oxygen atoms in total. The molecule has 0 aliphatic carbocycles. The Labute approximate surface area is 166 Å². The van der Waals surface area contributed by atoms with Gasteiger partial charge in [-0.3, -0.25) is 4.79 Å². The second-order valence-electron chi connectivity index (χ2n) is 7.44. The summed E-state index contributed by atoms with van der Waals surface area (Å²) in [7, 11) is 0. The number of aliphatic carboxylic acids is 1. The minimum atomic E-state index is -1.09. The Morgan fingerprint density at radius 2 is 1.79 bits per heavy atom. The Balaban J connectivity index is 2.73. The molecule has 0 saturated heterocycles. The number of alkyl carbamates (subject to hydrolysis) is 1. The smallest absolute Gasteiger partial charge is 0.408 e. The van der Waals surface area contributed by atoms with Gasteiger partial charge < -0.3 is 20.5 Å². The maximum atomic E-state index is 12.6. The number of carboxylic acid groups (broad SMARTS) is 1. The summed E-state index contributed by atoms with van der Waals surface area (Å²) < 4.78 is 5.19. The van der Waals surface area contributed by atoms with Crippen LogP contribution in [0, 0.1) is 0 Å². The Kier molecular flexibility index (Phi) is 9.21. The molecule has 1 aromatic rings. The van der Waals surface area contributed by atoms with Crippen molar-refractivity contribution in [1.82, 2.24) is 10.6 Å². The number of aryl methyl sites for hydroxylation is 1. The predicted molar refractivity (Wildman–Crippen MR) is 107 cm³/mol. The summed E-state index contributed by atoms with van der Waals surface area (Å²) in [5.74, 6) is -1.47. The number of rotatable bonds is 9. The lowest BCUT2D eigenvalue weighted by molar-refractivity contribution is -0.131. The minimum Gasteiger partial charge on any atom is -0.478 e. The zero-order valence-corrected chi connectivity index (χ0v) is 16.9. The van der Waals surface area contributed by atoms with Gasteiger partial charge in [0.1, 0.15) is 11.6 Å². The topological polar surface area (TPSA) is 105 Å². The summed E-state index contributed by atoms with van der Waals surface area (Å²) >= 11 is 0. The van der Waals surface area contributed by atoms with Crippen molar-refractivity contribution in [3.8, 4) is 0 Å². The first-order chi connectivity index (χ1) is 13.1. The van der Waals surface area contributed by atoms with Crippen molar-refractivity contribution in [3.63, 3.8) is 0 Å². The van der Waals surface area contributed by atoms with E-state index in [1.165, 1.54) is 6.08 Å². The lowest BCUT2D eigenvalue weighted by Gasteiger charge is -2.24. The van der Waals surface area contributed by atoms with Crippen molar-refractivity contribution < 1.29 is 24.2 Å². The van der Waals surface area contributed by atoms with E-state index in [0.29, 0.717) is 19.3 Å². The Hall–Kier alpha value is -2.83. The molecule has 1 rings (SSSR count). The molecular weight excluding hydrogens is 360 g/mol. The standard InChI is InChI=1S/C21H30N2O5/c1-5-17(23-20(27)28-21(2,3)4)19(26)22-16(13-14-18(24)25)12-11-15-9-7-6-8-10-15/h6-10,13-14,16-17H,5,11-12H2,1-4H3,(H,22,26)(H,23,27)(H,24,25)/b14-13+/t16-,17-/m0/s1. The van der Waals surface area contributed by atoms with Gasteiger partial charge >= 0.3 is 12.1 Å². The van der Waals surface area contributed by atoms with Gasteiger partial charge in [0.2, 0.25) is 5.91 Å².